The van der Waals surface area contributed by atoms with Crippen molar-refractivity contribution in [2.45, 2.75) is 38.7 Å². The molecule has 1 amide bonds. The minimum atomic E-state index is -4.36. The molecule has 0 radical (unpaired) electrons. The summed E-state index contributed by atoms with van der Waals surface area (Å²) >= 11 is 0. The van der Waals surface area contributed by atoms with Crippen molar-refractivity contribution in [1.29, 1.82) is 0 Å². The highest BCUT2D eigenvalue weighted by Crippen LogP contribution is 2.32. The Morgan fingerprint density at radius 1 is 1.14 bits per heavy atom. The number of aliphatic hydroxyl groups is 1. The topological polar surface area (TPSA) is 56.2 Å². The fraction of sp³-hybridized carbons (Fsp3) is 0.500. The number of alkyl halides is 3. The molecular formula is C26H34F3N3O3. The van der Waals surface area contributed by atoms with Crippen LogP contribution in [0, 0.1) is 5.92 Å². The highest BCUT2D eigenvalue weighted by atomic mass is 19.4. The summed E-state index contributed by atoms with van der Waals surface area (Å²) in [6.45, 7) is 5.03. The van der Waals surface area contributed by atoms with Crippen molar-refractivity contribution < 1.29 is 27.8 Å². The van der Waals surface area contributed by atoms with Gasteiger partial charge in [0, 0.05) is 45.3 Å². The van der Waals surface area contributed by atoms with Crippen LogP contribution in [-0.4, -0.2) is 73.8 Å². The Morgan fingerprint density at radius 2 is 1.80 bits per heavy atom. The van der Waals surface area contributed by atoms with Gasteiger partial charge in [-0.15, -0.1) is 0 Å². The number of hydrogen-bond donors (Lipinski definition) is 1. The Bertz CT molecular complexity index is 1010. The third-order valence-corrected chi connectivity index (χ3v) is 6.39. The number of halogens is 3. The summed E-state index contributed by atoms with van der Waals surface area (Å²) in [7, 11) is 5.68. The zero-order chi connectivity index (χ0) is 25.9. The van der Waals surface area contributed by atoms with Crippen molar-refractivity contribution in [3.05, 3.63) is 59.2 Å². The monoisotopic (exact) mass is 493 g/mol. The van der Waals surface area contributed by atoms with Crippen LogP contribution in [0.1, 0.15) is 35.3 Å². The van der Waals surface area contributed by atoms with Gasteiger partial charge in [0.2, 0.25) is 0 Å². The van der Waals surface area contributed by atoms with Crippen LogP contribution < -0.4 is 9.64 Å². The maximum atomic E-state index is 13.4. The molecule has 2 aromatic rings. The number of ether oxygens (including phenoxy) is 1. The van der Waals surface area contributed by atoms with Crippen LogP contribution in [0.15, 0.2) is 42.5 Å². The number of carbonyl (C=O) groups excluding carboxylic acids is 1. The van der Waals surface area contributed by atoms with Gasteiger partial charge in [-0.3, -0.25) is 9.69 Å². The third kappa shape index (κ3) is 6.46. The average Bonchev–Trinajstić information content (AvgIpc) is 2.80. The number of rotatable bonds is 7. The number of benzene rings is 2. The fourth-order valence-corrected chi connectivity index (χ4v) is 4.19. The second kappa shape index (κ2) is 10.9. The first-order valence-electron chi connectivity index (χ1n) is 11.6. The zero-order valence-corrected chi connectivity index (χ0v) is 20.8. The average molecular weight is 494 g/mol. The van der Waals surface area contributed by atoms with Gasteiger partial charge < -0.3 is 19.6 Å². The van der Waals surface area contributed by atoms with E-state index in [1.165, 1.54) is 12.1 Å². The van der Waals surface area contributed by atoms with Gasteiger partial charge in [0.15, 0.2) is 0 Å². The molecule has 0 saturated heterocycles. The minimum Gasteiger partial charge on any atom is -0.488 e. The summed E-state index contributed by atoms with van der Waals surface area (Å²) < 4.78 is 45.0. The van der Waals surface area contributed by atoms with Crippen molar-refractivity contribution in [2.75, 3.05) is 45.7 Å². The number of aliphatic hydroxyl groups excluding tert-OH is 1. The highest BCUT2D eigenvalue weighted by Gasteiger charge is 2.34. The van der Waals surface area contributed by atoms with Gasteiger partial charge in [0.05, 0.1) is 23.8 Å². The first-order valence-corrected chi connectivity index (χ1v) is 11.6. The van der Waals surface area contributed by atoms with E-state index in [-0.39, 0.29) is 30.6 Å². The second-order valence-electron chi connectivity index (χ2n) is 9.59. The number of carbonyl (C=O) groups is 1. The molecule has 2 aromatic carbocycles. The third-order valence-electron chi connectivity index (χ3n) is 6.39. The molecule has 0 spiro atoms. The van der Waals surface area contributed by atoms with Gasteiger partial charge in [-0.25, -0.2) is 0 Å². The van der Waals surface area contributed by atoms with Gasteiger partial charge in [0.25, 0.3) is 5.91 Å². The Hall–Kier alpha value is -2.78. The van der Waals surface area contributed by atoms with E-state index in [9.17, 15) is 23.1 Å². The van der Waals surface area contributed by atoms with Crippen LogP contribution in [0.2, 0.25) is 0 Å². The Morgan fingerprint density at radius 3 is 2.37 bits per heavy atom. The molecular weight excluding hydrogens is 459 g/mol. The molecule has 1 aliphatic heterocycles. The first kappa shape index (κ1) is 26.8. The van der Waals surface area contributed by atoms with Gasteiger partial charge in [0.1, 0.15) is 11.9 Å². The first-order chi connectivity index (χ1) is 16.4. The van der Waals surface area contributed by atoms with E-state index < -0.39 is 11.7 Å². The molecule has 6 nitrogen and oxygen atoms in total. The number of amides is 1. The summed E-state index contributed by atoms with van der Waals surface area (Å²) in [4.78, 5) is 19.0. The normalized spacial score (nSPS) is 19.6. The van der Waals surface area contributed by atoms with E-state index in [1.807, 2.05) is 50.9 Å². The van der Waals surface area contributed by atoms with E-state index in [1.54, 1.807) is 17.0 Å². The van der Waals surface area contributed by atoms with Crippen molar-refractivity contribution >= 4 is 11.6 Å². The number of anilines is 1. The lowest BCUT2D eigenvalue weighted by atomic mass is 9.99. The smallest absolute Gasteiger partial charge is 0.416 e. The SMILES string of the molecule is C[C@H](CO)N1C[C@H](C)[C@H](CN(C)Cc2ccc(C(F)(F)F)cc2)Oc2ccc(N(C)C)cc2C1=O. The maximum absolute atomic E-state index is 13.4. The molecule has 192 valence electrons. The van der Waals surface area contributed by atoms with Crippen LogP contribution in [0.4, 0.5) is 18.9 Å². The van der Waals surface area contributed by atoms with Crippen LogP contribution in [0.5, 0.6) is 5.75 Å². The standard InChI is InChI=1S/C26H34F3N3O3/c1-17-13-32(18(2)16-33)25(34)22-12-21(30(3)4)10-11-23(22)35-24(17)15-31(5)14-19-6-8-20(9-7-19)26(27,28)29/h6-12,17-18,24,33H,13-16H2,1-5H3/t17-,18+,24-/m0/s1. The van der Waals surface area contributed by atoms with Gasteiger partial charge in [-0.2, -0.15) is 13.2 Å². The van der Waals surface area contributed by atoms with Gasteiger partial charge in [-0.1, -0.05) is 19.1 Å². The summed E-state index contributed by atoms with van der Waals surface area (Å²) in [5, 5.41) is 9.78. The number of hydrogen-bond acceptors (Lipinski definition) is 5. The highest BCUT2D eigenvalue weighted by molar-refractivity contribution is 5.98. The van der Waals surface area contributed by atoms with Crippen LogP contribution in [0.3, 0.4) is 0 Å². The number of nitrogens with zero attached hydrogens (tertiary/aromatic N) is 3. The second-order valence-corrected chi connectivity index (χ2v) is 9.59. The molecule has 0 fully saturated rings. The lowest BCUT2D eigenvalue weighted by Crippen LogP contribution is -2.49. The fourth-order valence-electron chi connectivity index (χ4n) is 4.19. The van der Waals surface area contributed by atoms with E-state index in [0.29, 0.717) is 30.9 Å². The van der Waals surface area contributed by atoms with E-state index >= 15 is 0 Å². The quantitative estimate of drug-likeness (QED) is 0.629. The maximum Gasteiger partial charge on any atom is 0.416 e. The lowest BCUT2D eigenvalue weighted by molar-refractivity contribution is -0.137. The molecule has 0 unspecified atom stereocenters. The molecule has 0 bridgehead atoms. The molecule has 1 N–H and O–H groups in total. The molecule has 1 heterocycles. The number of likely N-dealkylation sites (N-methyl/N-ethyl adjacent to an activating group) is 1. The van der Waals surface area contributed by atoms with Crippen LogP contribution in [-0.2, 0) is 12.7 Å². The molecule has 0 aromatic heterocycles. The zero-order valence-electron chi connectivity index (χ0n) is 20.8. The van der Waals surface area contributed by atoms with Gasteiger partial charge in [-0.05, 0) is 49.9 Å². The predicted octanol–water partition coefficient (Wildman–Crippen LogP) is 4.12. The lowest BCUT2D eigenvalue weighted by Gasteiger charge is -2.38. The molecule has 3 rings (SSSR count). The van der Waals surface area contributed by atoms with Crippen molar-refractivity contribution in [3.8, 4) is 5.75 Å². The summed E-state index contributed by atoms with van der Waals surface area (Å²) in [6.07, 6.45) is -4.64. The summed E-state index contributed by atoms with van der Waals surface area (Å²) in [5.74, 6) is 0.244. The van der Waals surface area contributed by atoms with Crippen LogP contribution in [0.25, 0.3) is 0 Å². The summed E-state index contributed by atoms with van der Waals surface area (Å²) in [5.41, 5.74) is 1.40. The molecule has 0 saturated carbocycles. The molecule has 3 atom stereocenters. The van der Waals surface area contributed by atoms with Gasteiger partial charge >= 0.3 is 6.18 Å². The molecule has 35 heavy (non-hydrogen) atoms. The van der Waals surface area contributed by atoms with E-state index in [4.69, 9.17) is 4.74 Å². The molecule has 0 aliphatic carbocycles. The largest absolute Gasteiger partial charge is 0.488 e. The van der Waals surface area contributed by atoms with Crippen molar-refractivity contribution in [1.82, 2.24) is 9.80 Å². The van der Waals surface area contributed by atoms with Crippen LogP contribution >= 0.6 is 0 Å². The van der Waals surface area contributed by atoms with E-state index in [0.717, 1.165) is 23.4 Å². The van der Waals surface area contributed by atoms with E-state index in [2.05, 4.69) is 0 Å². The Labute approximate surface area is 204 Å². The predicted molar refractivity (Wildman–Crippen MR) is 130 cm³/mol. The number of fused-ring (bicyclic) bond motifs is 1. The van der Waals surface area contributed by atoms with Crippen molar-refractivity contribution in [2.24, 2.45) is 5.92 Å². The Balaban J connectivity index is 1.83. The van der Waals surface area contributed by atoms with Crippen molar-refractivity contribution in [3.63, 3.8) is 0 Å². The minimum absolute atomic E-state index is 0.0512. The Kier molecular flexibility index (Phi) is 8.33. The molecule has 1 aliphatic rings. The molecule has 9 heteroatoms. The summed E-state index contributed by atoms with van der Waals surface area (Å²) in [6, 6.07) is 10.3.